The zero-order valence-corrected chi connectivity index (χ0v) is 14.3. The summed E-state index contributed by atoms with van der Waals surface area (Å²) in [6.07, 6.45) is 1.19. The van der Waals surface area contributed by atoms with E-state index in [1.807, 2.05) is 0 Å². The average molecular weight is 361 g/mol. The molecule has 0 atom stereocenters. The van der Waals surface area contributed by atoms with Gasteiger partial charge in [-0.3, -0.25) is 4.79 Å². The highest BCUT2D eigenvalue weighted by molar-refractivity contribution is 5.76. The lowest BCUT2D eigenvalue weighted by Crippen LogP contribution is -2.30. The summed E-state index contributed by atoms with van der Waals surface area (Å²) in [6, 6.07) is 9.05. The number of ether oxygens (including phenoxy) is 2. The maximum atomic E-state index is 12.8. The molecule has 1 aromatic heterocycles. The van der Waals surface area contributed by atoms with Gasteiger partial charge in [0.15, 0.2) is 0 Å². The minimum atomic E-state index is -0.541. The molecule has 0 spiro atoms. The Bertz CT molecular complexity index is 720. The van der Waals surface area contributed by atoms with Crippen LogP contribution in [-0.2, 0) is 16.1 Å². The van der Waals surface area contributed by atoms with Crippen molar-refractivity contribution in [3.05, 3.63) is 54.0 Å². The van der Waals surface area contributed by atoms with Gasteiger partial charge in [0, 0.05) is 31.8 Å². The van der Waals surface area contributed by atoms with Crippen molar-refractivity contribution in [3.63, 3.8) is 0 Å². The molecule has 0 aliphatic rings. The van der Waals surface area contributed by atoms with Crippen LogP contribution in [0.4, 0.5) is 9.18 Å². The fourth-order valence-electron chi connectivity index (χ4n) is 1.95. The van der Waals surface area contributed by atoms with E-state index in [0.29, 0.717) is 18.2 Å². The van der Waals surface area contributed by atoms with Crippen molar-refractivity contribution in [2.24, 2.45) is 0 Å². The van der Waals surface area contributed by atoms with Gasteiger partial charge < -0.3 is 20.1 Å². The minimum Gasteiger partial charge on any atom is -0.450 e. The molecule has 0 saturated carbocycles. The second-order valence-electron chi connectivity index (χ2n) is 5.23. The third-order valence-corrected chi connectivity index (χ3v) is 3.22. The SMILES string of the molecule is CCOC(=O)NCCC(=O)NCc1ccc(Oc2ccc(F)cc2)nc1. The molecule has 0 aliphatic carbocycles. The van der Waals surface area contributed by atoms with Crippen molar-refractivity contribution in [2.75, 3.05) is 13.2 Å². The van der Waals surface area contributed by atoms with Crippen LogP contribution in [-0.4, -0.2) is 30.1 Å². The quantitative estimate of drug-likeness (QED) is 0.755. The summed E-state index contributed by atoms with van der Waals surface area (Å²) in [7, 11) is 0. The van der Waals surface area contributed by atoms with Crippen LogP contribution in [0.2, 0.25) is 0 Å². The van der Waals surface area contributed by atoms with E-state index in [2.05, 4.69) is 15.6 Å². The van der Waals surface area contributed by atoms with Gasteiger partial charge in [0.2, 0.25) is 11.8 Å². The fraction of sp³-hybridized carbons (Fsp3) is 0.278. The molecule has 0 aliphatic heterocycles. The van der Waals surface area contributed by atoms with Crippen LogP contribution < -0.4 is 15.4 Å². The summed E-state index contributed by atoms with van der Waals surface area (Å²) < 4.78 is 23.0. The van der Waals surface area contributed by atoms with Gasteiger partial charge in [0.25, 0.3) is 0 Å². The molecule has 2 rings (SSSR count). The summed E-state index contributed by atoms with van der Waals surface area (Å²) in [5.41, 5.74) is 0.795. The highest BCUT2D eigenvalue weighted by atomic mass is 19.1. The van der Waals surface area contributed by atoms with E-state index in [9.17, 15) is 14.0 Å². The van der Waals surface area contributed by atoms with Crippen molar-refractivity contribution in [1.82, 2.24) is 15.6 Å². The predicted molar refractivity (Wildman–Crippen MR) is 92.2 cm³/mol. The molecule has 1 heterocycles. The first-order chi connectivity index (χ1) is 12.6. The molecular weight excluding hydrogens is 341 g/mol. The molecule has 138 valence electrons. The molecule has 2 amide bonds. The van der Waals surface area contributed by atoms with Gasteiger partial charge in [-0.25, -0.2) is 14.2 Å². The molecule has 0 unspecified atom stereocenters. The highest BCUT2D eigenvalue weighted by Gasteiger charge is 2.05. The van der Waals surface area contributed by atoms with E-state index < -0.39 is 6.09 Å². The predicted octanol–water partition coefficient (Wildman–Crippen LogP) is 2.77. The number of aromatic nitrogens is 1. The number of nitrogens with one attached hydrogen (secondary N) is 2. The molecule has 0 bridgehead atoms. The van der Waals surface area contributed by atoms with E-state index in [1.54, 1.807) is 25.3 Å². The third kappa shape index (κ3) is 6.76. The number of rotatable bonds is 8. The first kappa shape index (κ1) is 19.2. The van der Waals surface area contributed by atoms with E-state index in [-0.39, 0.29) is 31.3 Å². The number of amides is 2. The van der Waals surface area contributed by atoms with Crippen LogP contribution in [0.5, 0.6) is 11.6 Å². The van der Waals surface area contributed by atoms with Gasteiger partial charge in [-0.1, -0.05) is 6.07 Å². The van der Waals surface area contributed by atoms with Crippen molar-refractivity contribution in [3.8, 4) is 11.6 Å². The van der Waals surface area contributed by atoms with Crippen molar-refractivity contribution >= 4 is 12.0 Å². The number of pyridine rings is 1. The largest absolute Gasteiger partial charge is 0.450 e. The average Bonchev–Trinajstić information content (AvgIpc) is 2.63. The monoisotopic (exact) mass is 361 g/mol. The van der Waals surface area contributed by atoms with Crippen molar-refractivity contribution in [2.45, 2.75) is 19.9 Å². The van der Waals surface area contributed by atoms with Gasteiger partial charge in [-0.05, 0) is 36.8 Å². The van der Waals surface area contributed by atoms with Gasteiger partial charge in [0.1, 0.15) is 11.6 Å². The number of carbonyl (C=O) groups is 2. The molecular formula is C18H20FN3O4. The molecule has 2 aromatic rings. The van der Waals surface area contributed by atoms with Crippen LogP contribution in [0.1, 0.15) is 18.9 Å². The second-order valence-corrected chi connectivity index (χ2v) is 5.23. The van der Waals surface area contributed by atoms with Crippen LogP contribution in [0.25, 0.3) is 0 Å². The summed E-state index contributed by atoms with van der Waals surface area (Å²) in [6.45, 7) is 2.50. The Balaban J connectivity index is 1.72. The molecule has 0 saturated heterocycles. The number of hydrogen-bond acceptors (Lipinski definition) is 5. The Labute approximate surface area is 150 Å². The number of hydrogen-bond donors (Lipinski definition) is 2. The van der Waals surface area contributed by atoms with E-state index >= 15 is 0 Å². The molecule has 1 aromatic carbocycles. The summed E-state index contributed by atoms with van der Waals surface area (Å²) in [4.78, 5) is 26.9. The first-order valence-electron chi connectivity index (χ1n) is 8.12. The van der Waals surface area contributed by atoms with Crippen LogP contribution >= 0.6 is 0 Å². The number of nitrogens with zero attached hydrogens (tertiary/aromatic N) is 1. The summed E-state index contributed by atoms with van der Waals surface area (Å²) in [5.74, 6) is 0.307. The van der Waals surface area contributed by atoms with Crippen LogP contribution in [0.3, 0.4) is 0 Å². The molecule has 7 nitrogen and oxygen atoms in total. The smallest absolute Gasteiger partial charge is 0.407 e. The maximum Gasteiger partial charge on any atom is 0.407 e. The number of benzene rings is 1. The number of halogens is 1. The topological polar surface area (TPSA) is 89.5 Å². The molecule has 26 heavy (non-hydrogen) atoms. The van der Waals surface area contributed by atoms with Gasteiger partial charge in [0.05, 0.1) is 6.61 Å². The molecule has 8 heteroatoms. The number of alkyl carbamates (subject to hydrolysis) is 1. The Morgan fingerprint density at radius 2 is 1.88 bits per heavy atom. The van der Waals surface area contributed by atoms with E-state index in [1.165, 1.54) is 24.3 Å². The van der Waals surface area contributed by atoms with Crippen molar-refractivity contribution in [1.29, 1.82) is 0 Å². The zero-order valence-electron chi connectivity index (χ0n) is 14.3. The van der Waals surface area contributed by atoms with Gasteiger partial charge in [-0.2, -0.15) is 0 Å². The second kappa shape index (κ2) is 9.97. The Kier molecular flexibility index (Phi) is 7.35. The Morgan fingerprint density at radius 1 is 1.12 bits per heavy atom. The molecule has 0 fully saturated rings. The molecule has 2 N–H and O–H groups in total. The zero-order chi connectivity index (χ0) is 18.8. The summed E-state index contributed by atoms with van der Waals surface area (Å²) in [5, 5.41) is 5.20. The number of carbonyl (C=O) groups excluding carboxylic acids is 2. The van der Waals surface area contributed by atoms with Crippen LogP contribution in [0.15, 0.2) is 42.6 Å². The first-order valence-corrected chi connectivity index (χ1v) is 8.12. The lowest BCUT2D eigenvalue weighted by Gasteiger charge is -2.08. The van der Waals surface area contributed by atoms with Gasteiger partial charge >= 0.3 is 6.09 Å². The fourth-order valence-corrected chi connectivity index (χ4v) is 1.95. The normalized spacial score (nSPS) is 10.1. The Morgan fingerprint density at radius 3 is 2.54 bits per heavy atom. The van der Waals surface area contributed by atoms with Crippen molar-refractivity contribution < 1.29 is 23.5 Å². The van der Waals surface area contributed by atoms with Gasteiger partial charge in [-0.15, -0.1) is 0 Å². The highest BCUT2D eigenvalue weighted by Crippen LogP contribution is 2.19. The minimum absolute atomic E-state index is 0.151. The lowest BCUT2D eigenvalue weighted by molar-refractivity contribution is -0.121. The maximum absolute atomic E-state index is 12.8. The van der Waals surface area contributed by atoms with Crippen LogP contribution in [0, 0.1) is 5.82 Å². The van der Waals surface area contributed by atoms with E-state index in [4.69, 9.17) is 9.47 Å². The molecule has 0 radical (unpaired) electrons. The standard InChI is InChI=1S/C18H20FN3O4/c1-2-25-18(24)20-10-9-16(23)21-11-13-3-8-17(22-12-13)26-15-6-4-14(19)5-7-15/h3-8,12H,2,9-11H2,1H3,(H,20,24)(H,21,23). The third-order valence-electron chi connectivity index (χ3n) is 3.22. The Hall–Kier alpha value is -3.16. The van der Waals surface area contributed by atoms with E-state index in [0.717, 1.165) is 5.56 Å². The lowest BCUT2D eigenvalue weighted by atomic mass is 10.2. The summed E-state index contributed by atoms with van der Waals surface area (Å²) >= 11 is 0.